The van der Waals surface area contributed by atoms with Crippen LogP contribution in [0.3, 0.4) is 0 Å². The van der Waals surface area contributed by atoms with Crippen LogP contribution in [0.1, 0.15) is 58.8 Å². The molecule has 1 atom stereocenters. The summed E-state index contributed by atoms with van der Waals surface area (Å²) in [5.41, 5.74) is -0.436. The molecule has 0 aromatic carbocycles. The van der Waals surface area contributed by atoms with Gasteiger partial charge in [-0.15, -0.1) is 0 Å². The molecular formula is C13H23NO. The van der Waals surface area contributed by atoms with Crippen molar-refractivity contribution in [2.24, 2.45) is 11.3 Å². The van der Waals surface area contributed by atoms with Gasteiger partial charge in [0.15, 0.2) is 0 Å². The summed E-state index contributed by atoms with van der Waals surface area (Å²) in [7, 11) is 0. The van der Waals surface area contributed by atoms with Gasteiger partial charge in [0.05, 0.1) is 17.6 Å². The van der Waals surface area contributed by atoms with Crippen molar-refractivity contribution in [3.05, 3.63) is 0 Å². The van der Waals surface area contributed by atoms with E-state index in [-0.39, 0.29) is 0 Å². The molecule has 2 heteroatoms. The molecule has 2 nitrogen and oxygen atoms in total. The summed E-state index contributed by atoms with van der Waals surface area (Å²) in [5, 5.41) is 19.7. The number of nitrogens with zero attached hydrogens (tertiary/aromatic N) is 1. The van der Waals surface area contributed by atoms with Crippen molar-refractivity contribution < 1.29 is 5.11 Å². The Hall–Kier alpha value is -0.550. The standard InChI is InChI=1S/C13H23NO/c1-3-11(4-2)12(15)13(10-14)8-6-5-7-9-13/h11-12,15H,3-9H2,1-2H3. The molecular weight excluding hydrogens is 186 g/mol. The van der Waals surface area contributed by atoms with Gasteiger partial charge in [0.25, 0.3) is 0 Å². The second-order valence-corrected chi connectivity index (χ2v) is 4.85. The lowest BCUT2D eigenvalue weighted by molar-refractivity contribution is -0.0101. The van der Waals surface area contributed by atoms with Crippen molar-refractivity contribution in [3.63, 3.8) is 0 Å². The zero-order valence-corrected chi connectivity index (χ0v) is 10.00. The maximum Gasteiger partial charge on any atom is 0.0835 e. The first-order valence-corrected chi connectivity index (χ1v) is 6.29. The second-order valence-electron chi connectivity index (χ2n) is 4.85. The van der Waals surface area contributed by atoms with Crippen LogP contribution in [0.25, 0.3) is 0 Å². The third kappa shape index (κ3) is 2.52. The number of nitriles is 1. The molecule has 1 unspecified atom stereocenters. The van der Waals surface area contributed by atoms with E-state index < -0.39 is 11.5 Å². The van der Waals surface area contributed by atoms with Gasteiger partial charge in [0.2, 0.25) is 0 Å². The van der Waals surface area contributed by atoms with E-state index in [0.29, 0.717) is 5.92 Å². The van der Waals surface area contributed by atoms with Gasteiger partial charge in [-0.2, -0.15) is 5.26 Å². The fourth-order valence-electron chi connectivity index (χ4n) is 2.84. The van der Waals surface area contributed by atoms with Gasteiger partial charge in [0.1, 0.15) is 0 Å². The van der Waals surface area contributed by atoms with E-state index in [1.54, 1.807) is 0 Å². The molecule has 0 aromatic rings. The summed E-state index contributed by atoms with van der Waals surface area (Å²) in [6, 6.07) is 2.42. The van der Waals surface area contributed by atoms with Crippen LogP contribution in [0.4, 0.5) is 0 Å². The Kier molecular flexibility index (Phi) is 4.60. The average molecular weight is 209 g/mol. The molecule has 0 aromatic heterocycles. The van der Waals surface area contributed by atoms with Crippen molar-refractivity contribution in [1.29, 1.82) is 5.26 Å². The molecule has 1 fully saturated rings. The summed E-state index contributed by atoms with van der Waals surface area (Å²) in [4.78, 5) is 0. The zero-order valence-electron chi connectivity index (χ0n) is 10.00. The van der Waals surface area contributed by atoms with Crippen molar-refractivity contribution in [2.45, 2.75) is 64.9 Å². The highest BCUT2D eigenvalue weighted by Crippen LogP contribution is 2.42. The minimum atomic E-state index is -0.436. The molecule has 0 amide bonds. The quantitative estimate of drug-likeness (QED) is 0.772. The SMILES string of the molecule is CCC(CC)C(O)C1(C#N)CCCCC1. The minimum Gasteiger partial charge on any atom is -0.391 e. The number of hydrogen-bond donors (Lipinski definition) is 1. The lowest BCUT2D eigenvalue weighted by Gasteiger charge is -2.38. The molecule has 0 bridgehead atoms. The first kappa shape index (κ1) is 12.5. The summed E-state index contributed by atoms with van der Waals surface area (Å²) in [5.74, 6) is 0.294. The van der Waals surface area contributed by atoms with Crippen molar-refractivity contribution in [2.75, 3.05) is 0 Å². The van der Waals surface area contributed by atoms with E-state index in [9.17, 15) is 10.4 Å². The molecule has 15 heavy (non-hydrogen) atoms. The Bertz CT molecular complexity index is 221. The summed E-state index contributed by atoms with van der Waals surface area (Å²) >= 11 is 0. The van der Waals surface area contributed by atoms with Crippen molar-refractivity contribution >= 4 is 0 Å². The Morgan fingerprint density at radius 2 is 1.73 bits per heavy atom. The number of aliphatic hydroxyl groups is 1. The Morgan fingerprint density at radius 1 is 1.20 bits per heavy atom. The molecule has 86 valence electrons. The normalized spacial score (nSPS) is 22.3. The molecule has 0 aliphatic heterocycles. The lowest BCUT2D eigenvalue weighted by Crippen LogP contribution is -2.40. The first-order valence-electron chi connectivity index (χ1n) is 6.29. The highest BCUT2D eigenvalue weighted by Gasteiger charge is 2.41. The molecule has 1 aliphatic carbocycles. The molecule has 0 saturated heterocycles. The average Bonchev–Trinajstić information content (AvgIpc) is 2.31. The summed E-state index contributed by atoms with van der Waals surface area (Å²) in [6.45, 7) is 4.20. The van der Waals surface area contributed by atoms with Crippen LogP contribution in [-0.4, -0.2) is 11.2 Å². The highest BCUT2D eigenvalue weighted by atomic mass is 16.3. The topological polar surface area (TPSA) is 44.0 Å². The van der Waals surface area contributed by atoms with Crippen molar-refractivity contribution in [3.8, 4) is 6.07 Å². The Labute approximate surface area is 93.3 Å². The highest BCUT2D eigenvalue weighted by molar-refractivity contribution is 5.06. The third-order valence-electron chi connectivity index (χ3n) is 4.03. The third-order valence-corrected chi connectivity index (χ3v) is 4.03. The van der Waals surface area contributed by atoms with Gasteiger partial charge in [0, 0.05) is 0 Å². The lowest BCUT2D eigenvalue weighted by atomic mass is 9.67. The Morgan fingerprint density at radius 3 is 2.13 bits per heavy atom. The molecule has 0 radical (unpaired) electrons. The van der Waals surface area contributed by atoms with Gasteiger partial charge >= 0.3 is 0 Å². The van der Waals surface area contributed by atoms with Crippen LogP contribution in [-0.2, 0) is 0 Å². The van der Waals surface area contributed by atoms with E-state index in [1.807, 2.05) is 0 Å². The van der Waals surface area contributed by atoms with Gasteiger partial charge in [-0.3, -0.25) is 0 Å². The molecule has 1 aliphatic rings. The first-order chi connectivity index (χ1) is 7.20. The largest absolute Gasteiger partial charge is 0.391 e. The number of rotatable bonds is 4. The van der Waals surface area contributed by atoms with Crippen LogP contribution < -0.4 is 0 Å². The van der Waals surface area contributed by atoms with Gasteiger partial charge < -0.3 is 5.11 Å². The fourth-order valence-corrected chi connectivity index (χ4v) is 2.84. The maximum atomic E-state index is 10.4. The van der Waals surface area contributed by atoms with Crippen LogP contribution >= 0.6 is 0 Å². The Balaban J connectivity index is 2.76. The molecule has 1 rings (SSSR count). The van der Waals surface area contributed by atoms with Gasteiger partial charge in [-0.1, -0.05) is 46.0 Å². The van der Waals surface area contributed by atoms with E-state index in [2.05, 4.69) is 19.9 Å². The predicted octanol–water partition coefficient (Wildman–Crippen LogP) is 3.26. The zero-order chi connectivity index (χ0) is 11.3. The van der Waals surface area contributed by atoms with Crippen LogP contribution in [0.5, 0.6) is 0 Å². The van der Waals surface area contributed by atoms with Crippen LogP contribution in [0.2, 0.25) is 0 Å². The summed E-state index contributed by atoms with van der Waals surface area (Å²) < 4.78 is 0. The second kappa shape index (κ2) is 5.51. The van der Waals surface area contributed by atoms with Gasteiger partial charge in [-0.25, -0.2) is 0 Å². The van der Waals surface area contributed by atoms with Crippen LogP contribution in [0, 0.1) is 22.7 Å². The van der Waals surface area contributed by atoms with Crippen molar-refractivity contribution in [1.82, 2.24) is 0 Å². The number of hydrogen-bond acceptors (Lipinski definition) is 2. The molecule has 1 N–H and O–H groups in total. The predicted molar refractivity (Wildman–Crippen MR) is 61.2 cm³/mol. The number of aliphatic hydroxyl groups excluding tert-OH is 1. The van der Waals surface area contributed by atoms with E-state index >= 15 is 0 Å². The molecule has 1 saturated carbocycles. The maximum absolute atomic E-state index is 10.4. The van der Waals surface area contributed by atoms with Gasteiger partial charge in [-0.05, 0) is 18.8 Å². The van der Waals surface area contributed by atoms with E-state index in [0.717, 1.165) is 38.5 Å². The minimum absolute atomic E-state index is 0.294. The summed E-state index contributed by atoms with van der Waals surface area (Å²) in [6.07, 6.45) is 6.73. The van der Waals surface area contributed by atoms with E-state index in [4.69, 9.17) is 0 Å². The smallest absolute Gasteiger partial charge is 0.0835 e. The molecule has 0 spiro atoms. The molecule has 0 heterocycles. The fraction of sp³-hybridized carbons (Fsp3) is 0.923. The van der Waals surface area contributed by atoms with E-state index in [1.165, 1.54) is 6.42 Å². The monoisotopic (exact) mass is 209 g/mol. The van der Waals surface area contributed by atoms with Crippen LogP contribution in [0.15, 0.2) is 0 Å².